The number of unbranched alkanes of at least 4 members (excludes halogenated alkanes) is 2. The van der Waals surface area contributed by atoms with Crippen molar-refractivity contribution in [2.24, 2.45) is 23.7 Å². The fourth-order valence-corrected chi connectivity index (χ4v) is 5.05. The van der Waals surface area contributed by atoms with E-state index in [1.165, 1.54) is 4.90 Å². The molecule has 0 radical (unpaired) electrons. The molecule has 4 atom stereocenters. The van der Waals surface area contributed by atoms with Gasteiger partial charge in [-0.3, -0.25) is 14.4 Å². The lowest BCUT2D eigenvalue weighted by Crippen LogP contribution is -2.32. The van der Waals surface area contributed by atoms with E-state index in [0.29, 0.717) is 29.7 Å². The molecule has 3 fully saturated rings. The van der Waals surface area contributed by atoms with Gasteiger partial charge in [-0.15, -0.1) is 0 Å². The molecule has 26 heavy (non-hydrogen) atoms. The Balaban J connectivity index is 1.49. The molecule has 0 spiro atoms. The molecule has 1 aromatic carbocycles. The molecule has 1 heterocycles. The van der Waals surface area contributed by atoms with E-state index in [4.69, 9.17) is 4.74 Å². The third kappa shape index (κ3) is 2.83. The lowest BCUT2D eigenvalue weighted by molar-refractivity contribution is -0.134. The van der Waals surface area contributed by atoms with Crippen LogP contribution in [0.3, 0.4) is 0 Å². The maximum Gasteiger partial charge on any atom is 0.311 e. The third-order valence-corrected chi connectivity index (χ3v) is 6.22. The van der Waals surface area contributed by atoms with Crippen LogP contribution in [0.5, 0.6) is 5.75 Å². The minimum absolute atomic E-state index is 0.0707. The van der Waals surface area contributed by atoms with Crippen LogP contribution < -0.4 is 9.64 Å². The second-order valence-electron chi connectivity index (χ2n) is 7.83. The van der Waals surface area contributed by atoms with Crippen LogP contribution in [0.25, 0.3) is 0 Å². The van der Waals surface area contributed by atoms with Crippen molar-refractivity contribution in [3.8, 4) is 5.75 Å². The number of amides is 2. The smallest absolute Gasteiger partial charge is 0.311 e. The number of benzene rings is 1. The number of nitrogens with zero attached hydrogens (tertiary/aromatic N) is 1. The van der Waals surface area contributed by atoms with E-state index in [9.17, 15) is 14.4 Å². The average Bonchev–Trinajstić information content (AvgIpc) is 3.29. The van der Waals surface area contributed by atoms with Crippen LogP contribution in [0.15, 0.2) is 24.3 Å². The van der Waals surface area contributed by atoms with Gasteiger partial charge in [-0.05, 0) is 49.7 Å². The molecular formula is C21H25NO4. The minimum Gasteiger partial charge on any atom is -0.426 e. The highest BCUT2D eigenvalue weighted by Gasteiger charge is 2.61. The topological polar surface area (TPSA) is 63.7 Å². The van der Waals surface area contributed by atoms with Crippen molar-refractivity contribution in [2.75, 3.05) is 4.90 Å². The van der Waals surface area contributed by atoms with E-state index >= 15 is 0 Å². The van der Waals surface area contributed by atoms with Gasteiger partial charge in [0.05, 0.1) is 17.5 Å². The highest BCUT2D eigenvalue weighted by Crippen LogP contribution is 2.56. The standard InChI is InChI=1S/C21H25NO4/c1-2-3-4-8-17(23)26-16-7-5-6-15(12-16)22-20(24)18-13-9-10-14(11-13)19(18)21(22)25/h5-7,12-14,18-19H,2-4,8-11H2,1H3/t13-,14-,18+,19+/m0/s1. The summed E-state index contributed by atoms with van der Waals surface area (Å²) in [4.78, 5) is 39.0. The molecule has 1 aromatic rings. The molecule has 2 amide bonds. The lowest BCUT2D eigenvalue weighted by Gasteiger charge is -2.19. The van der Waals surface area contributed by atoms with Crippen molar-refractivity contribution in [3.63, 3.8) is 0 Å². The van der Waals surface area contributed by atoms with E-state index in [0.717, 1.165) is 38.5 Å². The largest absolute Gasteiger partial charge is 0.426 e. The Labute approximate surface area is 153 Å². The Bertz CT molecular complexity index is 715. The summed E-state index contributed by atoms with van der Waals surface area (Å²) in [7, 11) is 0. The number of hydrogen-bond acceptors (Lipinski definition) is 4. The Morgan fingerprint density at radius 1 is 1.12 bits per heavy atom. The number of rotatable bonds is 6. The summed E-state index contributed by atoms with van der Waals surface area (Å²) in [5.41, 5.74) is 0.521. The number of imide groups is 1. The van der Waals surface area contributed by atoms with Crippen molar-refractivity contribution >= 4 is 23.5 Å². The van der Waals surface area contributed by atoms with Gasteiger partial charge in [0.25, 0.3) is 0 Å². The lowest BCUT2D eigenvalue weighted by atomic mass is 9.81. The zero-order chi connectivity index (χ0) is 18.3. The van der Waals surface area contributed by atoms with Gasteiger partial charge in [-0.25, -0.2) is 4.90 Å². The SMILES string of the molecule is CCCCCC(=O)Oc1cccc(N2C(=O)[C@@H]3[C@H]4CC[C@@H](C4)[C@H]3C2=O)c1. The summed E-state index contributed by atoms with van der Waals surface area (Å²) in [6.45, 7) is 2.08. The van der Waals surface area contributed by atoms with E-state index in [1.54, 1.807) is 24.3 Å². The number of anilines is 1. The Morgan fingerprint density at radius 3 is 2.46 bits per heavy atom. The first-order chi connectivity index (χ1) is 12.6. The molecule has 0 N–H and O–H groups in total. The number of fused-ring (bicyclic) bond motifs is 5. The summed E-state index contributed by atoms with van der Waals surface area (Å²) >= 11 is 0. The summed E-state index contributed by atoms with van der Waals surface area (Å²) in [6, 6.07) is 6.80. The first kappa shape index (κ1) is 17.3. The third-order valence-electron chi connectivity index (χ3n) is 6.22. The van der Waals surface area contributed by atoms with Gasteiger partial charge >= 0.3 is 5.97 Å². The van der Waals surface area contributed by atoms with Crippen molar-refractivity contribution in [2.45, 2.75) is 51.9 Å². The molecular weight excluding hydrogens is 330 g/mol. The number of hydrogen-bond donors (Lipinski definition) is 0. The average molecular weight is 355 g/mol. The molecule has 2 aliphatic carbocycles. The predicted molar refractivity (Wildman–Crippen MR) is 96.5 cm³/mol. The van der Waals surface area contributed by atoms with E-state index in [-0.39, 0.29) is 29.6 Å². The first-order valence-corrected chi connectivity index (χ1v) is 9.78. The molecule has 5 heteroatoms. The van der Waals surface area contributed by atoms with E-state index in [2.05, 4.69) is 6.92 Å². The maximum atomic E-state index is 12.9. The van der Waals surface area contributed by atoms with Crippen molar-refractivity contribution < 1.29 is 19.1 Å². The van der Waals surface area contributed by atoms with Crippen LogP contribution in [0, 0.1) is 23.7 Å². The summed E-state index contributed by atoms with van der Waals surface area (Å²) in [6.07, 6.45) is 6.39. The quantitative estimate of drug-likeness (QED) is 0.338. The molecule has 5 nitrogen and oxygen atoms in total. The second kappa shape index (κ2) is 6.86. The Kier molecular flexibility index (Phi) is 4.55. The van der Waals surface area contributed by atoms with Gasteiger partial charge in [-0.1, -0.05) is 25.8 Å². The molecule has 1 saturated heterocycles. The molecule has 3 aliphatic rings. The van der Waals surface area contributed by atoms with Crippen LogP contribution in [-0.2, 0) is 14.4 Å². The Hall–Kier alpha value is -2.17. The molecule has 2 saturated carbocycles. The number of ether oxygens (including phenoxy) is 1. The van der Waals surface area contributed by atoms with Gasteiger partial charge in [0, 0.05) is 12.5 Å². The number of carbonyl (C=O) groups excluding carboxylic acids is 3. The molecule has 2 bridgehead atoms. The van der Waals surface area contributed by atoms with Crippen molar-refractivity contribution in [3.05, 3.63) is 24.3 Å². The number of esters is 1. The number of carbonyl (C=O) groups is 3. The molecule has 0 aromatic heterocycles. The fourth-order valence-electron chi connectivity index (χ4n) is 5.05. The van der Waals surface area contributed by atoms with Gasteiger partial charge in [-0.2, -0.15) is 0 Å². The first-order valence-electron chi connectivity index (χ1n) is 9.78. The monoisotopic (exact) mass is 355 g/mol. The van der Waals surface area contributed by atoms with Gasteiger partial charge in [0.15, 0.2) is 0 Å². The van der Waals surface area contributed by atoms with Crippen LogP contribution in [0.4, 0.5) is 5.69 Å². The van der Waals surface area contributed by atoms with Gasteiger partial charge < -0.3 is 4.74 Å². The van der Waals surface area contributed by atoms with E-state index in [1.807, 2.05) is 0 Å². The van der Waals surface area contributed by atoms with Crippen LogP contribution in [-0.4, -0.2) is 17.8 Å². The van der Waals surface area contributed by atoms with Crippen molar-refractivity contribution in [1.82, 2.24) is 0 Å². The second-order valence-corrected chi connectivity index (χ2v) is 7.83. The highest BCUT2D eigenvalue weighted by atomic mass is 16.5. The van der Waals surface area contributed by atoms with Crippen LogP contribution in [0.1, 0.15) is 51.9 Å². The van der Waals surface area contributed by atoms with Gasteiger partial charge in [0.1, 0.15) is 5.75 Å². The van der Waals surface area contributed by atoms with Crippen LogP contribution in [0.2, 0.25) is 0 Å². The zero-order valence-corrected chi connectivity index (χ0v) is 15.1. The molecule has 0 unspecified atom stereocenters. The van der Waals surface area contributed by atoms with Gasteiger partial charge in [0.2, 0.25) is 11.8 Å². The van der Waals surface area contributed by atoms with Crippen molar-refractivity contribution in [1.29, 1.82) is 0 Å². The predicted octanol–water partition coefficient (Wildman–Crippen LogP) is 3.71. The fraction of sp³-hybridized carbons (Fsp3) is 0.571. The zero-order valence-electron chi connectivity index (χ0n) is 15.1. The molecule has 4 rings (SSSR count). The summed E-state index contributed by atoms with van der Waals surface area (Å²) in [5, 5.41) is 0. The molecule has 1 aliphatic heterocycles. The van der Waals surface area contributed by atoms with E-state index < -0.39 is 0 Å². The summed E-state index contributed by atoms with van der Waals surface area (Å²) in [5.74, 6) is 0.437. The summed E-state index contributed by atoms with van der Waals surface area (Å²) < 4.78 is 5.39. The highest BCUT2D eigenvalue weighted by molar-refractivity contribution is 6.22. The minimum atomic E-state index is -0.274. The van der Waals surface area contributed by atoms with Crippen LogP contribution >= 0.6 is 0 Å². The maximum absolute atomic E-state index is 12.9. The normalized spacial score (nSPS) is 29.3. The Morgan fingerprint density at radius 2 is 1.81 bits per heavy atom. The molecule has 138 valence electrons.